The summed E-state index contributed by atoms with van der Waals surface area (Å²) in [6, 6.07) is 1.67. The Hall–Kier alpha value is -1.02. The summed E-state index contributed by atoms with van der Waals surface area (Å²) in [6.45, 7) is 3.42. The van der Waals surface area contributed by atoms with Crippen molar-refractivity contribution in [1.82, 2.24) is 4.98 Å². The second-order valence-corrected chi connectivity index (χ2v) is 6.91. The number of hydrogen-bond acceptors (Lipinski definition) is 4. The highest BCUT2D eigenvalue weighted by Crippen LogP contribution is 2.28. The number of rotatable bonds is 2. The lowest BCUT2D eigenvalue weighted by atomic mass is 10.2. The van der Waals surface area contributed by atoms with Gasteiger partial charge >= 0.3 is 10.2 Å². The van der Waals surface area contributed by atoms with Gasteiger partial charge in [0.1, 0.15) is 11.1 Å². The van der Waals surface area contributed by atoms with Gasteiger partial charge in [-0.25, -0.2) is 4.98 Å². The van der Waals surface area contributed by atoms with E-state index in [0.29, 0.717) is 11.5 Å². The third-order valence-electron chi connectivity index (χ3n) is 3.06. The summed E-state index contributed by atoms with van der Waals surface area (Å²) < 4.78 is 35.5. The first-order valence-electron chi connectivity index (χ1n) is 5.57. The molecule has 1 amide bonds. The normalized spacial score (nSPS) is 20.1. The fourth-order valence-electron chi connectivity index (χ4n) is 2.02. The molecule has 1 aliphatic rings. The molecule has 104 valence electrons. The molecule has 1 atom stereocenters. The van der Waals surface area contributed by atoms with Gasteiger partial charge in [0.2, 0.25) is 5.91 Å². The average molecular weight is 351 g/mol. The minimum atomic E-state index is -4.70. The Labute approximate surface area is 119 Å². The van der Waals surface area contributed by atoms with Gasteiger partial charge in [-0.2, -0.15) is 8.42 Å². The van der Waals surface area contributed by atoms with Gasteiger partial charge < -0.3 is 0 Å². The van der Waals surface area contributed by atoms with E-state index < -0.39 is 21.4 Å². The monoisotopic (exact) mass is 350 g/mol. The number of aromatic nitrogens is 1. The number of pyridine rings is 1. The van der Waals surface area contributed by atoms with Gasteiger partial charge in [-0.15, -0.1) is 3.89 Å². The largest absolute Gasteiger partial charge is 0.307 e. The summed E-state index contributed by atoms with van der Waals surface area (Å²) in [7, 11) is -4.70. The number of amides is 1. The second kappa shape index (κ2) is 4.82. The maximum Gasteiger partial charge on any atom is 0.307 e. The van der Waals surface area contributed by atoms with Crippen LogP contribution < -0.4 is 4.90 Å². The quantitative estimate of drug-likeness (QED) is 0.763. The molecule has 0 aromatic carbocycles. The minimum absolute atomic E-state index is 0.189. The molecule has 8 heteroatoms. The zero-order valence-electron chi connectivity index (χ0n) is 10.4. The molecule has 2 heterocycles. The van der Waals surface area contributed by atoms with Crippen LogP contribution in [-0.2, 0) is 15.0 Å². The third kappa shape index (κ3) is 2.79. The first-order chi connectivity index (χ1) is 8.70. The van der Waals surface area contributed by atoms with E-state index in [0.717, 1.165) is 10.0 Å². The Morgan fingerprint density at radius 3 is 2.58 bits per heavy atom. The maximum absolute atomic E-state index is 12.9. The predicted octanol–water partition coefficient (Wildman–Crippen LogP) is 1.87. The van der Waals surface area contributed by atoms with Crippen LogP contribution in [0.15, 0.2) is 10.5 Å². The van der Waals surface area contributed by atoms with E-state index in [1.54, 1.807) is 13.0 Å². The van der Waals surface area contributed by atoms with Crippen LogP contribution >= 0.6 is 15.9 Å². The van der Waals surface area contributed by atoms with Crippen molar-refractivity contribution in [3.63, 3.8) is 0 Å². The van der Waals surface area contributed by atoms with Crippen molar-refractivity contribution < 1.29 is 17.1 Å². The molecule has 1 fully saturated rings. The van der Waals surface area contributed by atoms with Gasteiger partial charge in [-0.1, -0.05) is 0 Å². The third-order valence-corrected chi connectivity index (χ3v) is 5.37. The summed E-state index contributed by atoms with van der Waals surface area (Å²) in [5.41, 5.74) is 1.57. The Bertz CT molecular complexity index is 624. The van der Waals surface area contributed by atoms with Crippen molar-refractivity contribution in [1.29, 1.82) is 0 Å². The molecule has 5 nitrogen and oxygen atoms in total. The number of anilines is 1. The van der Waals surface area contributed by atoms with E-state index in [4.69, 9.17) is 0 Å². The Morgan fingerprint density at radius 2 is 2.11 bits per heavy atom. The molecule has 1 aromatic heterocycles. The lowest BCUT2D eigenvalue weighted by Gasteiger charge is -2.17. The van der Waals surface area contributed by atoms with E-state index in [1.807, 2.05) is 6.92 Å². The first-order valence-corrected chi connectivity index (χ1v) is 7.81. The van der Waals surface area contributed by atoms with Crippen LogP contribution in [0.4, 0.5) is 9.70 Å². The summed E-state index contributed by atoms with van der Waals surface area (Å²) in [5.74, 6) is -0.0748. The molecule has 0 bridgehead atoms. The van der Waals surface area contributed by atoms with E-state index >= 15 is 0 Å². The lowest BCUT2D eigenvalue weighted by molar-refractivity contribution is -0.117. The molecule has 0 radical (unpaired) electrons. The number of hydrogen-bond donors (Lipinski definition) is 0. The van der Waals surface area contributed by atoms with Crippen LogP contribution in [-0.4, -0.2) is 31.1 Å². The standard InChI is InChI=1S/C11H12BrFN2O3S/c1-6-3-9(14-7(2)11(6)12)15-5-8(4-10(15)16)19(13,17)18/h3,8H,4-5H2,1-2H3. The van der Waals surface area contributed by atoms with Gasteiger partial charge in [0.25, 0.3) is 0 Å². The highest BCUT2D eigenvalue weighted by Gasteiger charge is 2.39. The zero-order valence-corrected chi connectivity index (χ0v) is 12.8. The topological polar surface area (TPSA) is 67.3 Å². The van der Waals surface area contributed by atoms with E-state index in [-0.39, 0.29) is 13.0 Å². The van der Waals surface area contributed by atoms with Gasteiger partial charge in [-0.3, -0.25) is 9.69 Å². The van der Waals surface area contributed by atoms with Gasteiger partial charge in [0, 0.05) is 17.4 Å². The van der Waals surface area contributed by atoms with E-state index in [2.05, 4.69) is 20.9 Å². The average Bonchev–Trinajstić information content (AvgIpc) is 2.67. The lowest BCUT2D eigenvalue weighted by Crippen LogP contribution is -2.28. The van der Waals surface area contributed by atoms with Gasteiger partial charge in [0.05, 0.1) is 5.69 Å². The summed E-state index contributed by atoms with van der Waals surface area (Å²) >= 11 is 3.36. The van der Waals surface area contributed by atoms with Crippen LogP contribution in [0.25, 0.3) is 0 Å². The first kappa shape index (κ1) is 14.4. The van der Waals surface area contributed by atoms with Crippen molar-refractivity contribution in [2.45, 2.75) is 25.5 Å². The fourth-order valence-corrected chi connectivity index (χ4v) is 2.89. The maximum atomic E-state index is 12.9. The number of halogens is 2. The molecule has 2 rings (SSSR count). The van der Waals surface area contributed by atoms with Crippen molar-refractivity contribution in [2.75, 3.05) is 11.4 Å². The Kier molecular flexibility index (Phi) is 3.65. The molecule has 1 aliphatic heterocycles. The van der Waals surface area contributed by atoms with Gasteiger partial charge in [0.15, 0.2) is 0 Å². The second-order valence-electron chi connectivity index (χ2n) is 4.50. The number of carbonyl (C=O) groups is 1. The highest BCUT2D eigenvalue weighted by atomic mass is 79.9. The number of aryl methyl sites for hydroxylation is 2. The van der Waals surface area contributed by atoms with Crippen molar-refractivity contribution >= 4 is 37.9 Å². The number of nitrogens with zero attached hydrogens (tertiary/aromatic N) is 2. The van der Waals surface area contributed by atoms with Crippen LogP contribution in [0, 0.1) is 13.8 Å². The van der Waals surface area contributed by atoms with Crippen molar-refractivity contribution in [3.8, 4) is 0 Å². The summed E-state index contributed by atoms with van der Waals surface area (Å²) in [4.78, 5) is 17.2. The van der Waals surface area contributed by atoms with Crippen molar-refractivity contribution in [3.05, 3.63) is 21.8 Å². The molecule has 0 saturated carbocycles. The summed E-state index contributed by atoms with van der Waals surface area (Å²) in [5, 5.41) is -1.30. The molecule has 19 heavy (non-hydrogen) atoms. The minimum Gasteiger partial charge on any atom is -0.295 e. The Balaban J connectivity index is 2.36. The summed E-state index contributed by atoms with van der Waals surface area (Å²) in [6.07, 6.45) is -0.339. The molecule has 0 aliphatic carbocycles. The van der Waals surface area contributed by atoms with Crippen LogP contribution in [0.3, 0.4) is 0 Å². The smallest absolute Gasteiger partial charge is 0.295 e. The molecule has 1 aromatic rings. The van der Waals surface area contributed by atoms with E-state index in [9.17, 15) is 17.1 Å². The van der Waals surface area contributed by atoms with Crippen LogP contribution in [0.1, 0.15) is 17.7 Å². The molecule has 0 spiro atoms. The highest BCUT2D eigenvalue weighted by molar-refractivity contribution is 9.10. The van der Waals surface area contributed by atoms with Crippen LogP contribution in [0.2, 0.25) is 0 Å². The number of carbonyl (C=O) groups excluding carboxylic acids is 1. The molecule has 0 N–H and O–H groups in total. The molecule has 1 unspecified atom stereocenters. The zero-order chi connectivity index (χ0) is 14.4. The molecular formula is C11H12BrFN2O3S. The molecular weight excluding hydrogens is 339 g/mol. The SMILES string of the molecule is Cc1cc(N2CC(S(=O)(=O)F)CC2=O)nc(C)c1Br. The van der Waals surface area contributed by atoms with Crippen molar-refractivity contribution in [2.24, 2.45) is 0 Å². The fraction of sp³-hybridized carbons (Fsp3) is 0.455. The predicted molar refractivity (Wildman–Crippen MR) is 72.2 cm³/mol. The van der Waals surface area contributed by atoms with Crippen LogP contribution in [0.5, 0.6) is 0 Å². The molecule has 1 saturated heterocycles. The van der Waals surface area contributed by atoms with E-state index in [1.165, 1.54) is 4.90 Å². The van der Waals surface area contributed by atoms with Gasteiger partial charge in [-0.05, 0) is 41.4 Å². The Morgan fingerprint density at radius 1 is 1.47 bits per heavy atom.